The summed E-state index contributed by atoms with van der Waals surface area (Å²) in [4.78, 5) is 54.5. The summed E-state index contributed by atoms with van der Waals surface area (Å²) in [5.74, 6) is 0.802. The number of para-hydroxylation sites is 1. The highest BCUT2D eigenvalue weighted by molar-refractivity contribution is 6.01. The third-order valence-electron chi connectivity index (χ3n) is 6.74. The Bertz CT molecular complexity index is 1320. The van der Waals surface area contributed by atoms with E-state index in [-0.39, 0.29) is 12.0 Å². The van der Waals surface area contributed by atoms with E-state index in [1.54, 1.807) is 45.0 Å². The molecule has 1 fully saturated rings. The number of carbonyl (C=O) groups is 4. The molecule has 1 saturated carbocycles. The number of benzene rings is 2. The van der Waals surface area contributed by atoms with Crippen LogP contribution in [0, 0.1) is 32.1 Å². The fourth-order valence-corrected chi connectivity index (χ4v) is 4.69. The molecular weight excluding hydrogens is 508 g/mol. The van der Waals surface area contributed by atoms with Gasteiger partial charge in [0.2, 0.25) is 11.8 Å². The number of nitrogens with one attached hydrogen (secondary N) is 2. The number of alkyl carbamates (subject to hydrolysis) is 1. The maximum absolute atomic E-state index is 14.2. The second-order valence-corrected chi connectivity index (χ2v) is 11.3. The van der Waals surface area contributed by atoms with Crippen LogP contribution in [0.1, 0.15) is 68.8 Å². The highest BCUT2D eigenvalue weighted by Crippen LogP contribution is 2.42. The summed E-state index contributed by atoms with van der Waals surface area (Å²) < 4.78 is 5.33. The van der Waals surface area contributed by atoms with Gasteiger partial charge in [-0.25, -0.2) is 4.79 Å². The number of aryl methyl sites for hydroxylation is 2. The SMILES string of the molecule is C#Cc1ccccc1C(C(=O)Nc1c(C)cccc1C)N(C(=O)C(CC(N)=O)NC(=O)OC(C)(C)C)C1CC1C. The molecule has 9 nitrogen and oxygen atoms in total. The molecule has 212 valence electrons. The number of anilines is 1. The zero-order valence-electron chi connectivity index (χ0n) is 23.9. The number of hydrogen-bond acceptors (Lipinski definition) is 5. The lowest BCUT2D eigenvalue weighted by Gasteiger charge is -2.35. The molecule has 0 aliphatic heterocycles. The maximum Gasteiger partial charge on any atom is 0.408 e. The molecule has 4 N–H and O–H groups in total. The summed E-state index contributed by atoms with van der Waals surface area (Å²) in [7, 11) is 0. The van der Waals surface area contributed by atoms with Crippen LogP contribution in [0.4, 0.5) is 10.5 Å². The summed E-state index contributed by atoms with van der Waals surface area (Å²) in [6.45, 7) is 10.8. The Morgan fingerprint density at radius 1 is 1.10 bits per heavy atom. The molecule has 0 radical (unpaired) electrons. The zero-order chi connectivity index (χ0) is 29.8. The highest BCUT2D eigenvalue weighted by Gasteiger charge is 2.49. The van der Waals surface area contributed by atoms with Crippen molar-refractivity contribution in [3.63, 3.8) is 0 Å². The van der Waals surface area contributed by atoms with Gasteiger partial charge in [0, 0.05) is 17.3 Å². The Labute approximate surface area is 235 Å². The third-order valence-corrected chi connectivity index (χ3v) is 6.74. The van der Waals surface area contributed by atoms with Crippen LogP contribution in [-0.2, 0) is 19.1 Å². The van der Waals surface area contributed by atoms with Crippen molar-refractivity contribution in [3.05, 3.63) is 64.7 Å². The Kier molecular flexibility index (Phi) is 9.25. The van der Waals surface area contributed by atoms with Crippen LogP contribution in [0.25, 0.3) is 0 Å². The molecule has 1 aliphatic rings. The monoisotopic (exact) mass is 546 g/mol. The van der Waals surface area contributed by atoms with Gasteiger partial charge in [-0.2, -0.15) is 0 Å². The molecule has 4 atom stereocenters. The van der Waals surface area contributed by atoms with Crippen LogP contribution in [0.2, 0.25) is 0 Å². The number of hydrogen-bond donors (Lipinski definition) is 3. The lowest BCUT2D eigenvalue weighted by Crippen LogP contribution is -2.54. The lowest BCUT2D eigenvalue weighted by atomic mass is 9.96. The van der Waals surface area contributed by atoms with Gasteiger partial charge in [0.15, 0.2) is 0 Å². The number of nitrogens with zero attached hydrogens (tertiary/aromatic N) is 1. The van der Waals surface area contributed by atoms with Gasteiger partial charge in [-0.15, -0.1) is 6.42 Å². The van der Waals surface area contributed by atoms with Crippen molar-refractivity contribution in [1.29, 1.82) is 0 Å². The number of amides is 4. The number of terminal acetylenes is 1. The predicted octanol–water partition coefficient (Wildman–Crippen LogP) is 3.97. The summed E-state index contributed by atoms with van der Waals surface area (Å²) in [6, 6.07) is 9.73. The third kappa shape index (κ3) is 7.41. The fraction of sp³-hybridized carbons (Fsp3) is 0.419. The quantitative estimate of drug-likeness (QED) is 0.410. The molecule has 4 amide bonds. The van der Waals surface area contributed by atoms with Crippen molar-refractivity contribution in [2.75, 3.05) is 5.32 Å². The minimum absolute atomic E-state index is 0.0770. The first kappa shape index (κ1) is 30.2. The Hall–Kier alpha value is -4.32. The van der Waals surface area contributed by atoms with Crippen molar-refractivity contribution in [2.45, 2.75) is 78.1 Å². The first-order valence-electron chi connectivity index (χ1n) is 13.3. The van der Waals surface area contributed by atoms with E-state index >= 15 is 0 Å². The van der Waals surface area contributed by atoms with Crippen molar-refractivity contribution in [3.8, 4) is 12.3 Å². The molecule has 2 aromatic rings. The summed E-state index contributed by atoms with van der Waals surface area (Å²) in [5.41, 5.74) is 7.88. The van der Waals surface area contributed by atoms with Gasteiger partial charge >= 0.3 is 6.09 Å². The van der Waals surface area contributed by atoms with E-state index in [1.165, 1.54) is 4.90 Å². The number of nitrogens with two attached hydrogens (primary N) is 1. The lowest BCUT2D eigenvalue weighted by molar-refractivity contribution is -0.142. The summed E-state index contributed by atoms with van der Waals surface area (Å²) in [5, 5.41) is 5.51. The number of carbonyl (C=O) groups excluding carboxylic acids is 4. The van der Waals surface area contributed by atoms with Gasteiger partial charge in [-0.05, 0) is 69.7 Å². The van der Waals surface area contributed by atoms with Gasteiger partial charge in [-0.3, -0.25) is 14.4 Å². The molecule has 0 spiro atoms. The highest BCUT2D eigenvalue weighted by atomic mass is 16.6. The van der Waals surface area contributed by atoms with Crippen molar-refractivity contribution in [2.24, 2.45) is 11.7 Å². The van der Waals surface area contributed by atoms with E-state index in [0.29, 0.717) is 23.2 Å². The maximum atomic E-state index is 14.2. The molecular formula is C31H38N4O5. The number of ether oxygens (including phenoxy) is 1. The van der Waals surface area contributed by atoms with E-state index in [1.807, 2.05) is 39.0 Å². The number of rotatable bonds is 9. The molecule has 1 aliphatic carbocycles. The van der Waals surface area contributed by atoms with Crippen LogP contribution < -0.4 is 16.4 Å². The van der Waals surface area contributed by atoms with E-state index in [4.69, 9.17) is 16.9 Å². The first-order chi connectivity index (χ1) is 18.7. The summed E-state index contributed by atoms with van der Waals surface area (Å²) >= 11 is 0. The molecule has 0 aromatic heterocycles. The Balaban J connectivity index is 2.11. The Morgan fingerprint density at radius 3 is 2.23 bits per heavy atom. The van der Waals surface area contributed by atoms with Gasteiger partial charge in [-0.1, -0.05) is 49.2 Å². The standard InChI is InChI=1S/C31H38N4O5/c1-8-21-14-9-10-15-22(21)27(28(37)34-26-18(2)12-11-13-19(26)3)35(24-16-20(24)4)29(38)23(17-25(32)36)33-30(39)40-31(5,6)7/h1,9-15,20,23-24,27H,16-17H2,2-7H3,(H2,32,36)(H,33,39)(H,34,37). The average Bonchev–Trinajstić information content (AvgIpc) is 3.58. The molecule has 0 saturated heterocycles. The molecule has 3 rings (SSSR count). The molecule has 0 bridgehead atoms. The molecule has 0 heterocycles. The van der Waals surface area contributed by atoms with E-state index in [0.717, 1.165) is 11.1 Å². The fourth-order valence-electron chi connectivity index (χ4n) is 4.69. The molecule has 9 heteroatoms. The summed E-state index contributed by atoms with van der Waals surface area (Å²) in [6.07, 6.45) is 5.09. The molecule has 2 aromatic carbocycles. The average molecular weight is 547 g/mol. The van der Waals surface area contributed by atoms with Gasteiger partial charge in [0.05, 0.1) is 6.42 Å². The topological polar surface area (TPSA) is 131 Å². The molecule has 4 unspecified atom stereocenters. The second-order valence-electron chi connectivity index (χ2n) is 11.3. The first-order valence-corrected chi connectivity index (χ1v) is 13.3. The van der Waals surface area contributed by atoms with Crippen molar-refractivity contribution >= 4 is 29.5 Å². The van der Waals surface area contributed by atoms with E-state index in [2.05, 4.69) is 16.6 Å². The smallest absolute Gasteiger partial charge is 0.408 e. The number of primary amides is 1. The van der Waals surface area contributed by atoms with Crippen molar-refractivity contribution < 1.29 is 23.9 Å². The van der Waals surface area contributed by atoms with Crippen LogP contribution in [0.5, 0.6) is 0 Å². The minimum atomic E-state index is -1.35. The predicted molar refractivity (Wildman–Crippen MR) is 153 cm³/mol. The van der Waals surface area contributed by atoms with Gasteiger partial charge < -0.3 is 26.0 Å². The van der Waals surface area contributed by atoms with E-state index < -0.39 is 47.9 Å². The minimum Gasteiger partial charge on any atom is -0.444 e. The van der Waals surface area contributed by atoms with Crippen LogP contribution >= 0.6 is 0 Å². The van der Waals surface area contributed by atoms with Crippen molar-refractivity contribution in [1.82, 2.24) is 10.2 Å². The zero-order valence-corrected chi connectivity index (χ0v) is 23.9. The Morgan fingerprint density at radius 2 is 1.70 bits per heavy atom. The normalized spacial score (nSPS) is 17.5. The van der Waals surface area contributed by atoms with Crippen LogP contribution in [-0.4, -0.2) is 46.4 Å². The van der Waals surface area contributed by atoms with Gasteiger partial charge in [0.25, 0.3) is 5.91 Å². The van der Waals surface area contributed by atoms with Crippen LogP contribution in [0.3, 0.4) is 0 Å². The molecule has 40 heavy (non-hydrogen) atoms. The van der Waals surface area contributed by atoms with Gasteiger partial charge in [0.1, 0.15) is 17.7 Å². The van der Waals surface area contributed by atoms with E-state index in [9.17, 15) is 19.2 Å². The van der Waals surface area contributed by atoms with Crippen LogP contribution in [0.15, 0.2) is 42.5 Å². The second kappa shape index (κ2) is 12.2. The largest absolute Gasteiger partial charge is 0.444 e.